The van der Waals surface area contributed by atoms with E-state index in [0.717, 1.165) is 24.8 Å². The summed E-state index contributed by atoms with van der Waals surface area (Å²) in [6, 6.07) is 2.77. The Hall–Kier alpha value is -0.930. The Bertz CT molecular complexity index is 351. The molecule has 1 aliphatic carbocycles. The third-order valence-corrected chi connectivity index (χ3v) is 2.81. The third-order valence-electron chi connectivity index (χ3n) is 2.81. The van der Waals surface area contributed by atoms with Crippen LogP contribution in [0.3, 0.4) is 0 Å². The number of rotatable bonds is 2. The second kappa shape index (κ2) is 3.67. The maximum Gasteiger partial charge on any atom is 0.128 e. The minimum Gasteiger partial charge on any atom is -0.394 e. The standard InChI is InChI=1S/C11H14FNO/c12-10-5-8-3-1-2-7(8)4-9(10)11(13)6-14/h4-5,11,14H,1-3,6,13H2. The highest BCUT2D eigenvalue weighted by atomic mass is 19.1. The van der Waals surface area contributed by atoms with E-state index in [2.05, 4.69) is 0 Å². The van der Waals surface area contributed by atoms with Crippen molar-refractivity contribution in [2.45, 2.75) is 25.3 Å². The molecule has 0 aliphatic heterocycles. The summed E-state index contributed by atoms with van der Waals surface area (Å²) < 4.78 is 13.5. The quantitative estimate of drug-likeness (QED) is 0.747. The molecule has 1 aromatic rings. The topological polar surface area (TPSA) is 46.2 Å². The van der Waals surface area contributed by atoms with E-state index in [4.69, 9.17) is 10.8 Å². The van der Waals surface area contributed by atoms with Crippen LogP contribution in [0.15, 0.2) is 12.1 Å². The fourth-order valence-electron chi connectivity index (χ4n) is 2.00. The Morgan fingerprint density at radius 2 is 2.00 bits per heavy atom. The summed E-state index contributed by atoms with van der Waals surface area (Å²) in [7, 11) is 0. The molecule has 0 saturated carbocycles. The minimum absolute atomic E-state index is 0.213. The van der Waals surface area contributed by atoms with Crippen LogP contribution in [-0.4, -0.2) is 11.7 Å². The largest absolute Gasteiger partial charge is 0.394 e. The van der Waals surface area contributed by atoms with Crippen molar-refractivity contribution in [1.29, 1.82) is 0 Å². The van der Waals surface area contributed by atoms with E-state index >= 15 is 0 Å². The van der Waals surface area contributed by atoms with E-state index in [-0.39, 0.29) is 12.4 Å². The van der Waals surface area contributed by atoms with Gasteiger partial charge in [-0.1, -0.05) is 6.07 Å². The number of aryl methyl sites for hydroxylation is 2. The first-order chi connectivity index (χ1) is 6.72. The predicted molar refractivity (Wildman–Crippen MR) is 52.4 cm³/mol. The lowest BCUT2D eigenvalue weighted by molar-refractivity contribution is 0.265. The SMILES string of the molecule is NC(CO)c1cc2c(cc1F)CCC2. The molecule has 1 atom stereocenters. The Morgan fingerprint density at radius 1 is 1.36 bits per heavy atom. The lowest BCUT2D eigenvalue weighted by Crippen LogP contribution is -2.16. The Morgan fingerprint density at radius 3 is 2.64 bits per heavy atom. The van der Waals surface area contributed by atoms with Gasteiger partial charge in [-0.25, -0.2) is 4.39 Å². The van der Waals surface area contributed by atoms with Gasteiger partial charge in [0.1, 0.15) is 5.82 Å². The summed E-state index contributed by atoms with van der Waals surface area (Å²) in [5, 5.41) is 8.87. The zero-order valence-corrected chi connectivity index (χ0v) is 7.96. The fourth-order valence-corrected chi connectivity index (χ4v) is 2.00. The monoisotopic (exact) mass is 195 g/mol. The van der Waals surface area contributed by atoms with Crippen LogP contribution in [0.2, 0.25) is 0 Å². The molecular weight excluding hydrogens is 181 g/mol. The van der Waals surface area contributed by atoms with E-state index < -0.39 is 6.04 Å². The highest BCUT2D eigenvalue weighted by Gasteiger charge is 2.17. The van der Waals surface area contributed by atoms with Gasteiger partial charge in [0.15, 0.2) is 0 Å². The molecule has 14 heavy (non-hydrogen) atoms. The Kier molecular flexibility index (Phi) is 2.52. The fraction of sp³-hybridized carbons (Fsp3) is 0.455. The van der Waals surface area contributed by atoms with Gasteiger partial charge in [-0.15, -0.1) is 0 Å². The van der Waals surface area contributed by atoms with E-state index in [1.54, 1.807) is 12.1 Å². The molecule has 76 valence electrons. The third kappa shape index (κ3) is 1.53. The second-order valence-electron chi connectivity index (χ2n) is 3.79. The van der Waals surface area contributed by atoms with Crippen molar-refractivity contribution in [3.63, 3.8) is 0 Å². The van der Waals surface area contributed by atoms with Crippen LogP contribution in [0.5, 0.6) is 0 Å². The number of aliphatic hydroxyl groups excluding tert-OH is 1. The van der Waals surface area contributed by atoms with Crippen LogP contribution in [0.4, 0.5) is 4.39 Å². The van der Waals surface area contributed by atoms with Crippen LogP contribution in [0, 0.1) is 5.82 Å². The van der Waals surface area contributed by atoms with Gasteiger partial charge in [-0.05, 0) is 36.5 Å². The normalized spacial score (nSPS) is 16.8. The summed E-state index contributed by atoms with van der Waals surface area (Å²) in [5.74, 6) is -0.285. The molecule has 2 rings (SSSR count). The first-order valence-electron chi connectivity index (χ1n) is 4.90. The molecule has 1 aliphatic rings. The molecule has 0 saturated heterocycles. The molecule has 1 unspecified atom stereocenters. The van der Waals surface area contributed by atoms with Crippen molar-refractivity contribution in [2.75, 3.05) is 6.61 Å². The van der Waals surface area contributed by atoms with Gasteiger partial charge >= 0.3 is 0 Å². The van der Waals surface area contributed by atoms with Crippen LogP contribution in [0.1, 0.15) is 29.2 Å². The average molecular weight is 195 g/mol. The molecular formula is C11H14FNO. The molecule has 0 heterocycles. The molecule has 0 radical (unpaired) electrons. The van der Waals surface area contributed by atoms with Gasteiger partial charge in [-0.2, -0.15) is 0 Å². The number of aliphatic hydroxyl groups is 1. The number of hydrogen-bond donors (Lipinski definition) is 2. The van der Waals surface area contributed by atoms with Gasteiger partial charge in [0.05, 0.1) is 12.6 Å². The minimum atomic E-state index is -0.596. The van der Waals surface area contributed by atoms with Crippen LogP contribution >= 0.6 is 0 Å². The maximum absolute atomic E-state index is 13.5. The van der Waals surface area contributed by atoms with Crippen LogP contribution in [-0.2, 0) is 12.8 Å². The van der Waals surface area contributed by atoms with Gasteiger partial charge < -0.3 is 10.8 Å². The Balaban J connectivity index is 2.42. The lowest BCUT2D eigenvalue weighted by Gasteiger charge is -2.11. The van der Waals surface area contributed by atoms with Crippen molar-refractivity contribution in [1.82, 2.24) is 0 Å². The zero-order chi connectivity index (χ0) is 10.1. The van der Waals surface area contributed by atoms with Crippen LogP contribution in [0.25, 0.3) is 0 Å². The molecule has 3 heteroatoms. The smallest absolute Gasteiger partial charge is 0.128 e. The van der Waals surface area contributed by atoms with E-state index in [1.807, 2.05) is 0 Å². The van der Waals surface area contributed by atoms with Gasteiger partial charge in [0.25, 0.3) is 0 Å². The first kappa shape index (κ1) is 9.62. The van der Waals surface area contributed by atoms with E-state index in [9.17, 15) is 4.39 Å². The van der Waals surface area contributed by atoms with Crippen molar-refractivity contribution < 1.29 is 9.50 Å². The molecule has 1 aromatic carbocycles. The zero-order valence-electron chi connectivity index (χ0n) is 7.96. The highest BCUT2D eigenvalue weighted by Crippen LogP contribution is 2.27. The van der Waals surface area contributed by atoms with Crippen molar-refractivity contribution in [3.8, 4) is 0 Å². The molecule has 3 N–H and O–H groups in total. The van der Waals surface area contributed by atoms with E-state index in [0.29, 0.717) is 5.56 Å². The summed E-state index contributed by atoms with van der Waals surface area (Å²) in [4.78, 5) is 0. The first-order valence-corrected chi connectivity index (χ1v) is 4.90. The number of hydrogen-bond acceptors (Lipinski definition) is 2. The van der Waals surface area contributed by atoms with Crippen molar-refractivity contribution in [2.24, 2.45) is 5.73 Å². The second-order valence-corrected chi connectivity index (χ2v) is 3.79. The molecule has 2 nitrogen and oxygen atoms in total. The highest BCUT2D eigenvalue weighted by molar-refractivity contribution is 5.37. The summed E-state index contributed by atoms with van der Waals surface area (Å²) in [6.45, 7) is -0.213. The number of fused-ring (bicyclic) bond motifs is 1. The summed E-state index contributed by atoms with van der Waals surface area (Å²) in [5.41, 5.74) is 8.32. The van der Waals surface area contributed by atoms with Crippen LogP contribution < -0.4 is 5.73 Å². The molecule has 0 spiro atoms. The number of halogens is 1. The summed E-state index contributed by atoms with van der Waals surface area (Å²) in [6.07, 6.45) is 3.05. The molecule has 0 fully saturated rings. The number of nitrogens with two attached hydrogens (primary N) is 1. The average Bonchev–Trinajstić information content (AvgIpc) is 2.62. The predicted octanol–water partition coefficient (Wildman–Crippen LogP) is 1.31. The van der Waals surface area contributed by atoms with E-state index in [1.165, 1.54) is 5.56 Å². The molecule has 0 bridgehead atoms. The number of benzene rings is 1. The van der Waals surface area contributed by atoms with Gasteiger partial charge in [0.2, 0.25) is 0 Å². The van der Waals surface area contributed by atoms with Crippen molar-refractivity contribution in [3.05, 3.63) is 34.6 Å². The maximum atomic E-state index is 13.5. The summed E-state index contributed by atoms with van der Waals surface area (Å²) >= 11 is 0. The lowest BCUT2D eigenvalue weighted by atomic mass is 10.0. The molecule has 0 amide bonds. The molecule has 0 aromatic heterocycles. The van der Waals surface area contributed by atoms with Gasteiger partial charge in [0, 0.05) is 5.56 Å². The van der Waals surface area contributed by atoms with Gasteiger partial charge in [-0.3, -0.25) is 0 Å². The Labute approximate surface area is 82.5 Å². The van der Waals surface area contributed by atoms with Crippen molar-refractivity contribution >= 4 is 0 Å².